The molecule has 1 aromatic rings. The molecule has 0 unspecified atom stereocenters. The number of carbonyl (C=O) groups is 1. The molecule has 0 amide bonds. The minimum atomic E-state index is -4.27. The van der Waals surface area contributed by atoms with Crippen LogP contribution in [-0.2, 0) is 10.7 Å². The standard InChI is InChI=1S/C9H7F3O3/c1-15-6-4-2-3-5(7(6)10)9(11,12)8(13)14/h2-4H,1H3,(H,13,14). The number of alkyl halides is 2. The summed E-state index contributed by atoms with van der Waals surface area (Å²) < 4.78 is 43.6. The first-order valence-electron chi connectivity index (χ1n) is 3.85. The molecular formula is C9H7F3O3. The molecule has 15 heavy (non-hydrogen) atoms. The summed E-state index contributed by atoms with van der Waals surface area (Å²) >= 11 is 0. The molecule has 0 radical (unpaired) electrons. The van der Waals surface area contributed by atoms with Crippen molar-refractivity contribution in [2.45, 2.75) is 5.92 Å². The van der Waals surface area contributed by atoms with Crippen molar-refractivity contribution in [2.24, 2.45) is 0 Å². The number of hydrogen-bond donors (Lipinski definition) is 1. The largest absolute Gasteiger partial charge is 0.494 e. The summed E-state index contributed by atoms with van der Waals surface area (Å²) in [6, 6.07) is 2.91. The quantitative estimate of drug-likeness (QED) is 0.847. The average Bonchev–Trinajstić information content (AvgIpc) is 2.17. The predicted molar refractivity (Wildman–Crippen MR) is 44.5 cm³/mol. The third-order valence-electron chi connectivity index (χ3n) is 1.79. The summed E-state index contributed by atoms with van der Waals surface area (Å²) in [6.07, 6.45) is 0. The van der Waals surface area contributed by atoms with Gasteiger partial charge in [0.15, 0.2) is 11.6 Å². The molecule has 0 saturated heterocycles. The van der Waals surface area contributed by atoms with Crippen LogP contribution in [0, 0.1) is 5.82 Å². The Kier molecular flexibility index (Phi) is 2.88. The summed E-state index contributed by atoms with van der Waals surface area (Å²) in [5.74, 6) is -8.46. The van der Waals surface area contributed by atoms with E-state index in [9.17, 15) is 18.0 Å². The van der Waals surface area contributed by atoms with Crippen LogP contribution < -0.4 is 4.74 Å². The maximum Gasteiger partial charge on any atom is 0.379 e. The van der Waals surface area contributed by atoms with E-state index in [1.807, 2.05) is 0 Å². The lowest BCUT2D eigenvalue weighted by Crippen LogP contribution is -2.26. The topological polar surface area (TPSA) is 46.5 Å². The molecule has 0 aliphatic heterocycles. The Bertz CT molecular complexity index is 390. The Morgan fingerprint density at radius 2 is 2.07 bits per heavy atom. The van der Waals surface area contributed by atoms with Gasteiger partial charge in [0, 0.05) is 0 Å². The number of carboxylic acid groups (broad SMARTS) is 1. The van der Waals surface area contributed by atoms with Crippen molar-refractivity contribution in [1.29, 1.82) is 0 Å². The Morgan fingerprint density at radius 3 is 2.53 bits per heavy atom. The van der Waals surface area contributed by atoms with E-state index in [4.69, 9.17) is 5.11 Å². The van der Waals surface area contributed by atoms with Crippen molar-refractivity contribution < 1.29 is 27.8 Å². The van der Waals surface area contributed by atoms with Crippen molar-refractivity contribution in [3.8, 4) is 5.75 Å². The zero-order chi connectivity index (χ0) is 11.6. The fourth-order valence-electron chi connectivity index (χ4n) is 1.03. The molecule has 0 spiro atoms. The van der Waals surface area contributed by atoms with Crippen LogP contribution in [0.4, 0.5) is 13.2 Å². The van der Waals surface area contributed by atoms with Gasteiger partial charge in [-0.15, -0.1) is 0 Å². The van der Waals surface area contributed by atoms with Crippen LogP contribution in [0.3, 0.4) is 0 Å². The van der Waals surface area contributed by atoms with Gasteiger partial charge in [-0.25, -0.2) is 9.18 Å². The average molecular weight is 220 g/mol. The smallest absolute Gasteiger partial charge is 0.379 e. The second-order valence-corrected chi connectivity index (χ2v) is 2.70. The van der Waals surface area contributed by atoms with E-state index in [1.165, 1.54) is 0 Å². The summed E-state index contributed by atoms with van der Waals surface area (Å²) in [5, 5.41) is 8.23. The predicted octanol–water partition coefficient (Wildman–Crippen LogP) is 2.01. The Balaban J connectivity index is 3.32. The molecule has 82 valence electrons. The molecule has 3 nitrogen and oxygen atoms in total. The van der Waals surface area contributed by atoms with E-state index in [1.54, 1.807) is 0 Å². The van der Waals surface area contributed by atoms with E-state index >= 15 is 0 Å². The van der Waals surface area contributed by atoms with Crippen molar-refractivity contribution in [3.63, 3.8) is 0 Å². The van der Waals surface area contributed by atoms with Crippen LogP contribution in [0.15, 0.2) is 18.2 Å². The van der Waals surface area contributed by atoms with Gasteiger partial charge in [-0.3, -0.25) is 0 Å². The number of benzene rings is 1. The van der Waals surface area contributed by atoms with Crippen LogP contribution in [-0.4, -0.2) is 18.2 Å². The molecule has 1 aromatic carbocycles. The summed E-state index contributed by atoms with van der Waals surface area (Å²) in [5.41, 5.74) is -1.21. The lowest BCUT2D eigenvalue weighted by molar-refractivity contribution is -0.166. The first kappa shape index (κ1) is 11.4. The summed E-state index contributed by atoms with van der Waals surface area (Å²) in [4.78, 5) is 10.2. The zero-order valence-corrected chi connectivity index (χ0v) is 7.63. The molecule has 0 aliphatic carbocycles. The molecule has 0 fully saturated rings. The highest BCUT2D eigenvalue weighted by atomic mass is 19.3. The first-order valence-corrected chi connectivity index (χ1v) is 3.85. The summed E-state index contributed by atoms with van der Waals surface area (Å²) in [6.45, 7) is 0. The van der Waals surface area contributed by atoms with E-state index in [-0.39, 0.29) is 0 Å². The fraction of sp³-hybridized carbons (Fsp3) is 0.222. The van der Waals surface area contributed by atoms with Gasteiger partial charge >= 0.3 is 11.9 Å². The van der Waals surface area contributed by atoms with Crippen molar-refractivity contribution in [2.75, 3.05) is 7.11 Å². The molecule has 0 atom stereocenters. The second kappa shape index (κ2) is 3.80. The maximum absolute atomic E-state index is 13.3. The van der Waals surface area contributed by atoms with Crippen LogP contribution in [0.25, 0.3) is 0 Å². The van der Waals surface area contributed by atoms with E-state index in [0.29, 0.717) is 6.07 Å². The molecular weight excluding hydrogens is 213 g/mol. The maximum atomic E-state index is 13.3. The van der Waals surface area contributed by atoms with Crippen LogP contribution in [0.2, 0.25) is 0 Å². The number of hydrogen-bond acceptors (Lipinski definition) is 2. The van der Waals surface area contributed by atoms with Gasteiger partial charge in [0.2, 0.25) is 0 Å². The highest BCUT2D eigenvalue weighted by molar-refractivity contribution is 5.77. The van der Waals surface area contributed by atoms with Crippen molar-refractivity contribution in [3.05, 3.63) is 29.6 Å². The minimum absolute atomic E-state index is 0.423. The monoisotopic (exact) mass is 220 g/mol. The van der Waals surface area contributed by atoms with Crippen LogP contribution in [0.5, 0.6) is 5.75 Å². The summed E-state index contributed by atoms with van der Waals surface area (Å²) in [7, 11) is 1.10. The number of methoxy groups -OCH3 is 1. The zero-order valence-electron chi connectivity index (χ0n) is 7.63. The molecule has 0 saturated carbocycles. The van der Waals surface area contributed by atoms with Gasteiger partial charge in [-0.05, 0) is 12.1 Å². The van der Waals surface area contributed by atoms with Crippen molar-refractivity contribution >= 4 is 5.97 Å². The van der Waals surface area contributed by atoms with Gasteiger partial charge < -0.3 is 9.84 Å². The molecule has 0 aromatic heterocycles. The number of rotatable bonds is 3. The Hall–Kier alpha value is -1.72. The Labute approximate surface area is 83.1 Å². The highest BCUT2D eigenvalue weighted by Crippen LogP contribution is 2.33. The number of ether oxygens (including phenoxy) is 1. The minimum Gasteiger partial charge on any atom is -0.494 e. The van der Waals surface area contributed by atoms with Gasteiger partial charge in [-0.1, -0.05) is 6.07 Å². The normalized spacial score (nSPS) is 11.2. The van der Waals surface area contributed by atoms with E-state index in [0.717, 1.165) is 19.2 Å². The SMILES string of the molecule is COc1cccc(C(F)(F)C(=O)O)c1F. The molecule has 6 heteroatoms. The Morgan fingerprint density at radius 1 is 1.47 bits per heavy atom. The molecule has 0 aliphatic rings. The van der Waals surface area contributed by atoms with E-state index < -0.39 is 29.0 Å². The van der Waals surface area contributed by atoms with E-state index in [2.05, 4.69) is 4.74 Å². The third kappa shape index (κ3) is 1.88. The first-order chi connectivity index (χ1) is 6.91. The number of carboxylic acids is 1. The van der Waals surface area contributed by atoms with Crippen molar-refractivity contribution in [1.82, 2.24) is 0 Å². The lowest BCUT2D eigenvalue weighted by Gasteiger charge is -2.13. The molecule has 0 bridgehead atoms. The van der Waals surface area contributed by atoms with Crippen LogP contribution in [0.1, 0.15) is 5.56 Å². The fourth-order valence-corrected chi connectivity index (χ4v) is 1.03. The number of halogens is 3. The second-order valence-electron chi connectivity index (χ2n) is 2.70. The van der Waals surface area contributed by atoms with Gasteiger partial charge in [0.25, 0.3) is 0 Å². The number of aliphatic carboxylic acids is 1. The third-order valence-corrected chi connectivity index (χ3v) is 1.79. The molecule has 1 rings (SSSR count). The van der Waals surface area contributed by atoms with Gasteiger partial charge in [-0.2, -0.15) is 8.78 Å². The highest BCUT2D eigenvalue weighted by Gasteiger charge is 2.44. The van der Waals surface area contributed by atoms with Gasteiger partial charge in [0.05, 0.1) is 12.7 Å². The molecule has 1 N–H and O–H groups in total. The molecule has 0 heterocycles. The lowest BCUT2D eigenvalue weighted by atomic mass is 10.1. The van der Waals surface area contributed by atoms with Gasteiger partial charge in [0.1, 0.15) is 0 Å². The van der Waals surface area contributed by atoms with Crippen LogP contribution >= 0.6 is 0 Å².